The maximum Gasteiger partial charge on any atom is 0.270 e. The van der Waals surface area contributed by atoms with E-state index in [0.29, 0.717) is 22.8 Å². The fourth-order valence-corrected chi connectivity index (χ4v) is 1.88. The highest BCUT2D eigenvalue weighted by atomic mass is 16.6. The zero-order chi connectivity index (χ0) is 15.4. The monoisotopic (exact) mass is 289 g/mol. The number of rotatable bonds is 5. The van der Waals surface area contributed by atoms with Gasteiger partial charge in [-0.25, -0.2) is 0 Å². The van der Waals surface area contributed by atoms with Crippen molar-refractivity contribution in [2.24, 2.45) is 0 Å². The third kappa shape index (κ3) is 3.29. The lowest BCUT2D eigenvalue weighted by Crippen LogP contribution is -1.96. The van der Waals surface area contributed by atoms with Gasteiger partial charge >= 0.3 is 0 Å². The van der Waals surface area contributed by atoms with Crippen molar-refractivity contribution in [3.05, 3.63) is 57.6 Å². The molecule has 1 N–H and O–H groups in total. The van der Waals surface area contributed by atoms with Crippen molar-refractivity contribution < 1.29 is 19.5 Å². The Morgan fingerprint density at radius 1 is 1.14 bits per heavy atom. The Hall–Kier alpha value is -2.60. The molecule has 6 nitrogen and oxygen atoms in total. The number of methoxy groups -OCH3 is 1. The number of non-ortho nitro benzene ring substituents is 1. The van der Waals surface area contributed by atoms with Crippen LogP contribution in [0.4, 0.5) is 5.69 Å². The highest BCUT2D eigenvalue weighted by Crippen LogP contribution is 2.34. The molecule has 0 atom stereocenters. The third-order valence-corrected chi connectivity index (χ3v) is 2.96. The Kier molecular flexibility index (Phi) is 4.39. The summed E-state index contributed by atoms with van der Waals surface area (Å²) < 4.78 is 10.9. The summed E-state index contributed by atoms with van der Waals surface area (Å²) in [4.78, 5) is 10.2. The van der Waals surface area contributed by atoms with E-state index < -0.39 is 4.92 Å². The number of aliphatic hydroxyl groups excluding tert-OH is 1. The summed E-state index contributed by atoms with van der Waals surface area (Å²) in [6.07, 6.45) is 0. The number of nitro groups is 1. The maximum atomic E-state index is 10.7. The first-order chi connectivity index (χ1) is 10.0. The first-order valence-corrected chi connectivity index (χ1v) is 6.26. The van der Waals surface area contributed by atoms with E-state index in [4.69, 9.17) is 9.47 Å². The van der Waals surface area contributed by atoms with Crippen LogP contribution >= 0.6 is 0 Å². The molecule has 110 valence electrons. The van der Waals surface area contributed by atoms with E-state index in [2.05, 4.69) is 0 Å². The Balaban J connectivity index is 2.37. The highest BCUT2D eigenvalue weighted by molar-refractivity contribution is 5.49. The molecule has 0 heterocycles. The van der Waals surface area contributed by atoms with Gasteiger partial charge in [0.1, 0.15) is 5.75 Å². The summed E-state index contributed by atoms with van der Waals surface area (Å²) in [5.74, 6) is 1.38. The van der Waals surface area contributed by atoms with Crippen LogP contribution in [0, 0.1) is 17.0 Å². The maximum absolute atomic E-state index is 10.7. The molecule has 6 heteroatoms. The number of nitro benzene ring substituents is 1. The lowest BCUT2D eigenvalue weighted by molar-refractivity contribution is -0.385. The van der Waals surface area contributed by atoms with Crippen molar-refractivity contribution >= 4 is 5.69 Å². The van der Waals surface area contributed by atoms with Gasteiger partial charge in [-0.2, -0.15) is 0 Å². The number of aliphatic hydroxyl groups is 1. The number of benzene rings is 2. The van der Waals surface area contributed by atoms with Crippen LogP contribution in [0.1, 0.15) is 11.1 Å². The van der Waals surface area contributed by atoms with E-state index in [1.165, 1.54) is 25.3 Å². The van der Waals surface area contributed by atoms with Crippen molar-refractivity contribution in [3.8, 4) is 17.2 Å². The molecule has 0 aliphatic carbocycles. The second-order valence-corrected chi connectivity index (χ2v) is 4.46. The summed E-state index contributed by atoms with van der Waals surface area (Å²) in [5.41, 5.74) is 1.26. The van der Waals surface area contributed by atoms with E-state index in [0.717, 1.165) is 5.56 Å². The zero-order valence-electron chi connectivity index (χ0n) is 11.7. The molecule has 2 aromatic rings. The second kappa shape index (κ2) is 6.23. The summed E-state index contributed by atoms with van der Waals surface area (Å²) in [5, 5.41) is 20.1. The van der Waals surface area contributed by atoms with Gasteiger partial charge in [0, 0.05) is 17.7 Å². The first kappa shape index (κ1) is 14.8. The standard InChI is InChI=1S/C15H15NO5/c1-10-3-5-14(15(7-10)20-2)21-13-6-4-12(16(18)19)8-11(13)9-17/h3-8,17H,9H2,1-2H3. The molecule has 0 aliphatic heterocycles. The Morgan fingerprint density at radius 2 is 1.86 bits per heavy atom. The van der Waals surface area contributed by atoms with Crippen LogP contribution in [-0.4, -0.2) is 17.1 Å². The fourth-order valence-electron chi connectivity index (χ4n) is 1.88. The van der Waals surface area contributed by atoms with E-state index in [9.17, 15) is 15.2 Å². The Bertz CT molecular complexity index is 669. The zero-order valence-corrected chi connectivity index (χ0v) is 11.7. The molecule has 0 aliphatic rings. The van der Waals surface area contributed by atoms with Crippen LogP contribution in [0.3, 0.4) is 0 Å². The van der Waals surface area contributed by atoms with E-state index >= 15 is 0 Å². The Labute approximate surface area is 121 Å². The molecule has 21 heavy (non-hydrogen) atoms. The summed E-state index contributed by atoms with van der Waals surface area (Å²) >= 11 is 0. The van der Waals surface area contributed by atoms with Crippen LogP contribution in [0.25, 0.3) is 0 Å². The third-order valence-electron chi connectivity index (χ3n) is 2.96. The molecule has 0 radical (unpaired) electrons. The summed E-state index contributed by atoms with van der Waals surface area (Å²) in [7, 11) is 1.53. The largest absolute Gasteiger partial charge is 0.493 e. The average molecular weight is 289 g/mol. The molecule has 2 rings (SSSR count). The van der Waals surface area contributed by atoms with Crippen LogP contribution in [0.15, 0.2) is 36.4 Å². The van der Waals surface area contributed by atoms with Gasteiger partial charge in [-0.15, -0.1) is 0 Å². The van der Waals surface area contributed by atoms with Gasteiger partial charge in [-0.05, 0) is 30.7 Å². The van der Waals surface area contributed by atoms with Crippen molar-refractivity contribution in [2.75, 3.05) is 7.11 Å². The van der Waals surface area contributed by atoms with Gasteiger partial charge in [-0.3, -0.25) is 10.1 Å². The molecule has 0 spiro atoms. The number of nitrogens with zero attached hydrogens (tertiary/aromatic N) is 1. The SMILES string of the molecule is COc1cc(C)ccc1Oc1ccc([N+](=O)[O-])cc1CO. The molecular weight excluding hydrogens is 274 g/mol. The molecule has 0 saturated carbocycles. The molecule has 0 saturated heterocycles. The Morgan fingerprint density at radius 3 is 2.48 bits per heavy atom. The smallest absolute Gasteiger partial charge is 0.270 e. The first-order valence-electron chi connectivity index (χ1n) is 6.26. The minimum atomic E-state index is -0.518. The van der Waals surface area contributed by atoms with Crippen LogP contribution < -0.4 is 9.47 Å². The van der Waals surface area contributed by atoms with Gasteiger partial charge in [0.25, 0.3) is 5.69 Å². The second-order valence-electron chi connectivity index (χ2n) is 4.46. The van der Waals surface area contributed by atoms with Crippen LogP contribution in [0.5, 0.6) is 17.2 Å². The number of hydrogen-bond acceptors (Lipinski definition) is 5. The van der Waals surface area contributed by atoms with Crippen LogP contribution in [0.2, 0.25) is 0 Å². The highest BCUT2D eigenvalue weighted by Gasteiger charge is 2.13. The lowest BCUT2D eigenvalue weighted by atomic mass is 10.2. The quantitative estimate of drug-likeness (QED) is 0.675. The van der Waals surface area contributed by atoms with E-state index in [-0.39, 0.29) is 12.3 Å². The molecular formula is C15H15NO5. The molecule has 0 fully saturated rings. The van der Waals surface area contributed by atoms with Crippen molar-refractivity contribution in [1.29, 1.82) is 0 Å². The molecule has 0 amide bonds. The predicted octanol–water partition coefficient (Wildman–Crippen LogP) is 3.20. The lowest BCUT2D eigenvalue weighted by Gasteiger charge is -2.13. The van der Waals surface area contributed by atoms with Crippen molar-refractivity contribution in [2.45, 2.75) is 13.5 Å². The minimum absolute atomic E-state index is 0.0951. The van der Waals surface area contributed by atoms with E-state index in [1.807, 2.05) is 19.1 Å². The van der Waals surface area contributed by atoms with Gasteiger partial charge in [-0.1, -0.05) is 6.07 Å². The van der Waals surface area contributed by atoms with Crippen molar-refractivity contribution in [1.82, 2.24) is 0 Å². The van der Waals surface area contributed by atoms with Crippen LogP contribution in [-0.2, 0) is 6.61 Å². The minimum Gasteiger partial charge on any atom is -0.493 e. The molecule has 0 bridgehead atoms. The number of ether oxygens (including phenoxy) is 2. The normalized spacial score (nSPS) is 10.2. The molecule has 0 aromatic heterocycles. The van der Waals surface area contributed by atoms with E-state index in [1.54, 1.807) is 6.07 Å². The van der Waals surface area contributed by atoms with Gasteiger partial charge in [0.15, 0.2) is 11.5 Å². The van der Waals surface area contributed by atoms with Gasteiger partial charge < -0.3 is 14.6 Å². The number of hydrogen-bond donors (Lipinski definition) is 1. The van der Waals surface area contributed by atoms with Crippen molar-refractivity contribution in [3.63, 3.8) is 0 Å². The molecule has 0 unspecified atom stereocenters. The number of aryl methyl sites for hydroxylation is 1. The fraction of sp³-hybridized carbons (Fsp3) is 0.200. The predicted molar refractivity (Wildman–Crippen MR) is 76.8 cm³/mol. The van der Waals surface area contributed by atoms with Gasteiger partial charge in [0.05, 0.1) is 18.6 Å². The summed E-state index contributed by atoms with van der Waals surface area (Å²) in [6.45, 7) is 1.57. The topological polar surface area (TPSA) is 81.8 Å². The molecule has 2 aromatic carbocycles. The van der Waals surface area contributed by atoms with Gasteiger partial charge in [0.2, 0.25) is 0 Å². The average Bonchev–Trinajstić information content (AvgIpc) is 2.49. The summed E-state index contributed by atoms with van der Waals surface area (Å²) in [6, 6.07) is 9.51.